The quantitative estimate of drug-likeness (QED) is 0.841. The molecule has 2 amide bonds. The first-order valence-electron chi connectivity index (χ1n) is 6.07. The van der Waals surface area contributed by atoms with Gasteiger partial charge in [0.1, 0.15) is 5.56 Å². The minimum Gasteiger partial charge on any atom is -0.479 e. The van der Waals surface area contributed by atoms with Crippen LogP contribution < -0.4 is 15.4 Å². The number of methoxy groups -OCH3 is 1. The van der Waals surface area contributed by atoms with Crippen LogP contribution in [0.2, 0.25) is 0 Å². The maximum Gasteiger partial charge on any atom is 0.258 e. The third kappa shape index (κ3) is 3.78. The standard InChI is InChI=1S/C12H15N5O3S/c1-7-6-21-12(14-7)15-9(18)4-13-10(19)8-5-17(2)16-11(8)20-3/h5-6H,4H2,1-3H3,(H,13,19)(H,14,15,18). The minimum atomic E-state index is -0.426. The number of ether oxygens (including phenoxy) is 1. The van der Waals surface area contributed by atoms with Gasteiger partial charge in [-0.3, -0.25) is 14.3 Å². The lowest BCUT2D eigenvalue weighted by molar-refractivity contribution is -0.115. The molecule has 0 spiro atoms. The Morgan fingerprint density at radius 2 is 2.24 bits per heavy atom. The number of aryl methyl sites for hydroxylation is 2. The summed E-state index contributed by atoms with van der Waals surface area (Å²) in [6, 6.07) is 0. The summed E-state index contributed by atoms with van der Waals surface area (Å²) in [5.41, 5.74) is 1.11. The van der Waals surface area contributed by atoms with Crippen LogP contribution in [0.3, 0.4) is 0 Å². The molecular formula is C12H15N5O3S. The number of hydrogen-bond acceptors (Lipinski definition) is 6. The first-order chi connectivity index (χ1) is 9.99. The fourth-order valence-corrected chi connectivity index (χ4v) is 2.31. The molecule has 0 bridgehead atoms. The monoisotopic (exact) mass is 309 g/mol. The molecule has 2 heterocycles. The number of thiazole rings is 1. The van der Waals surface area contributed by atoms with Gasteiger partial charge in [0.25, 0.3) is 5.91 Å². The average Bonchev–Trinajstić information content (AvgIpc) is 3.01. The van der Waals surface area contributed by atoms with Crippen LogP contribution in [0.4, 0.5) is 5.13 Å². The Kier molecular flexibility index (Phi) is 4.53. The molecule has 0 atom stereocenters. The molecule has 0 radical (unpaired) electrons. The highest BCUT2D eigenvalue weighted by molar-refractivity contribution is 7.13. The first-order valence-corrected chi connectivity index (χ1v) is 6.95. The van der Waals surface area contributed by atoms with Crippen molar-refractivity contribution in [2.75, 3.05) is 19.0 Å². The smallest absolute Gasteiger partial charge is 0.258 e. The normalized spacial score (nSPS) is 10.2. The molecule has 21 heavy (non-hydrogen) atoms. The zero-order chi connectivity index (χ0) is 15.4. The van der Waals surface area contributed by atoms with Gasteiger partial charge in [0.05, 0.1) is 19.3 Å². The van der Waals surface area contributed by atoms with Crippen LogP contribution in [0.15, 0.2) is 11.6 Å². The van der Waals surface area contributed by atoms with Gasteiger partial charge in [0, 0.05) is 18.6 Å². The van der Waals surface area contributed by atoms with E-state index in [4.69, 9.17) is 4.74 Å². The lowest BCUT2D eigenvalue weighted by atomic mass is 10.3. The van der Waals surface area contributed by atoms with Crippen LogP contribution in [-0.2, 0) is 11.8 Å². The summed E-state index contributed by atoms with van der Waals surface area (Å²) in [7, 11) is 3.10. The number of carbonyl (C=O) groups is 2. The molecule has 0 aliphatic carbocycles. The molecule has 2 N–H and O–H groups in total. The van der Waals surface area contributed by atoms with E-state index < -0.39 is 5.91 Å². The molecule has 9 heteroatoms. The van der Waals surface area contributed by atoms with Crippen molar-refractivity contribution < 1.29 is 14.3 Å². The number of nitrogens with zero attached hydrogens (tertiary/aromatic N) is 3. The molecule has 2 aromatic heterocycles. The second-order valence-corrected chi connectivity index (χ2v) is 5.11. The SMILES string of the molecule is COc1nn(C)cc1C(=O)NCC(=O)Nc1nc(C)cs1. The van der Waals surface area contributed by atoms with Crippen LogP contribution >= 0.6 is 11.3 Å². The van der Waals surface area contributed by atoms with Crippen molar-refractivity contribution in [1.29, 1.82) is 0 Å². The maximum absolute atomic E-state index is 12.0. The van der Waals surface area contributed by atoms with E-state index in [1.54, 1.807) is 7.05 Å². The molecule has 112 valence electrons. The second-order valence-electron chi connectivity index (χ2n) is 4.25. The van der Waals surface area contributed by atoms with Gasteiger partial charge >= 0.3 is 0 Å². The summed E-state index contributed by atoms with van der Waals surface area (Å²) in [5.74, 6) is -0.558. The van der Waals surface area contributed by atoms with E-state index in [0.717, 1.165) is 5.69 Å². The van der Waals surface area contributed by atoms with Gasteiger partial charge in [0.2, 0.25) is 11.8 Å². The van der Waals surface area contributed by atoms with Gasteiger partial charge in [-0.15, -0.1) is 16.4 Å². The highest BCUT2D eigenvalue weighted by Crippen LogP contribution is 2.15. The van der Waals surface area contributed by atoms with Crippen LogP contribution in [0.5, 0.6) is 5.88 Å². The minimum absolute atomic E-state index is 0.157. The zero-order valence-electron chi connectivity index (χ0n) is 11.8. The molecule has 0 unspecified atom stereocenters. The van der Waals surface area contributed by atoms with Crippen molar-refractivity contribution in [2.24, 2.45) is 7.05 Å². The Balaban J connectivity index is 1.90. The van der Waals surface area contributed by atoms with E-state index >= 15 is 0 Å². The summed E-state index contributed by atoms with van der Waals surface area (Å²) in [5, 5.41) is 11.4. The lowest BCUT2D eigenvalue weighted by Crippen LogP contribution is -2.32. The fourth-order valence-electron chi connectivity index (χ4n) is 1.61. The van der Waals surface area contributed by atoms with E-state index in [1.165, 1.54) is 29.3 Å². The average molecular weight is 309 g/mol. The lowest BCUT2D eigenvalue weighted by Gasteiger charge is -2.04. The summed E-state index contributed by atoms with van der Waals surface area (Å²) in [6.07, 6.45) is 1.52. The van der Waals surface area contributed by atoms with Gasteiger partial charge in [-0.05, 0) is 6.92 Å². The summed E-state index contributed by atoms with van der Waals surface area (Å²) in [4.78, 5) is 27.8. The predicted octanol–water partition coefficient (Wildman–Crippen LogP) is 0.562. The van der Waals surface area contributed by atoms with E-state index in [9.17, 15) is 9.59 Å². The van der Waals surface area contributed by atoms with Crippen LogP contribution in [0.1, 0.15) is 16.1 Å². The summed E-state index contributed by atoms with van der Waals surface area (Å²) in [6.45, 7) is 1.68. The number of carbonyl (C=O) groups excluding carboxylic acids is 2. The van der Waals surface area contributed by atoms with Crippen molar-refractivity contribution in [3.8, 4) is 5.88 Å². The molecule has 2 aromatic rings. The number of hydrogen-bond donors (Lipinski definition) is 2. The van der Waals surface area contributed by atoms with Crippen LogP contribution in [0.25, 0.3) is 0 Å². The zero-order valence-corrected chi connectivity index (χ0v) is 12.7. The highest BCUT2D eigenvalue weighted by Gasteiger charge is 2.17. The van der Waals surface area contributed by atoms with Gasteiger partial charge in [-0.1, -0.05) is 0 Å². The van der Waals surface area contributed by atoms with E-state index in [1.807, 2.05) is 12.3 Å². The van der Waals surface area contributed by atoms with Crippen molar-refractivity contribution in [2.45, 2.75) is 6.92 Å². The van der Waals surface area contributed by atoms with Crippen LogP contribution in [-0.4, -0.2) is 40.2 Å². The topological polar surface area (TPSA) is 98.1 Å². The fraction of sp³-hybridized carbons (Fsp3) is 0.333. The second kappa shape index (κ2) is 6.35. The van der Waals surface area contributed by atoms with Gasteiger partial charge in [0.15, 0.2) is 5.13 Å². The number of amides is 2. The van der Waals surface area contributed by atoms with E-state index in [0.29, 0.717) is 5.13 Å². The van der Waals surface area contributed by atoms with Crippen molar-refractivity contribution in [1.82, 2.24) is 20.1 Å². The van der Waals surface area contributed by atoms with Crippen molar-refractivity contribution in [3.05, 3.63) is 22.8 Å². The Morgan fingerprint density at radius 3 is 2.86 bits per heavy atom. The number of anilines is 1. The highest BCUT2D eigenvalue weighted by atomic mass is 32.1. The maximum atomic E-state index is 12.0. The van der Waals surface area contributed by atoms with Gasteiger partial charge < -0.3 is 15.4 Å². The molecule has 2 rings (SSSR count). The molecule has 0 aromatic carbocycles. The van der Waals surface area contributed by atoms with Crippen LogP contribution in [0, 0.1) is 6.92 Å². The summed E-state index contributed by atoms with van der Waals surface area (Å²) >= 11 is 1.33. The largest absolute Gasteiger partial charge is 0.479 e. The Morgan fingerprint density at radius 1 is 1.48 bits per heavy atom. The number of aromatic nitrogens is 3. The first kappa shape index (κ1) is 15.0. The molecule has 0 aliphatic rings. The molecule has 8 nitrogen and oxygen atoms in total. The van der Waals surface area contributed by atoms with Gasteiger partial charge in [-0.25, -0.2) is 4.98 Å². The van der Waals surface area contributed by atoms with E-state index in [-0.39, 0.29) is 23.9 Å². The molecule has 0 saturated heterocycles. The van der Waals surface area contributed by atoms with Crippen molar-refractivity contribution >= 4 is 28.3 Å². The molecule has 0 fully saturated rings. The third-order valence-corrected chi connectivity index (χ3v) is 3.38. The van der Waals surface area contributed by atoms with E-state index in [2.05, 4.69) is 20.7 Å². The Hall–Kier alpha value is -2.42. The Labute approximate surface area is 125 Å². The van der Waals surface area contributed by atoms with Crippen molar-refractivity contribution in [3.63, 3.8) is 0 Å². The Bertz CT molecular complexity index is 664. The summed E-state index contributed by atoms with van der Waals surface area (Å²) < 4.78 is 6.46. The molecular weight excluding hydrogens is 294 g/mol. The third-order valence-electron chi connectivity index (χ3n) is 2.51. The number of rotatable bonds is 5. The number of nitrogens with one attached hydrogen (secondary N) is 2. The van der Waals surface area contributed by atoms with Gasteiger partial charge in [-0.2, -0.15) is 0 Å². The predicted molar refractivity (Wildman–Crippen MR) is 77.6 cm³/mol. The molecule has 0 aliphatic heterocycles. The molecule has 0 saturated carbocycles.